The first-order valence-corrected chi connectivity index (χ1v) is 19.1. The van der Waals surface area contributed by atoms with Gasteiger partial charge in [0, 0.05) is 44.6 Å². The minimum atomic E-state index is -0.125. The minimum absolute atomic E-state index is 0.125. The summed E-state index contributed by atoms with van der Waals surface area (Å²) in [5.41, 5.74) is 18.7. The van der Waals surface area contributed by atoms with E-state index in [-0.39, 0.29) is 11.3 Å². The number of benzene rings is 6. The van der Waals surface area contributed by atoms with Crippen LogP contribution >= 0.6 is 0 Å². The van der Waals surface area contributed by atoms with Crippen LogP contribution in [0.15, 0.2) is 158 Å². The standard InChI is InChI=1S/C51H40N2/c1-51(2)44-22-13-21-38(35-16-12-17-36(30-35)52-46-23-9-6-18-39(46)40-19-7-10-24-47(40)52)50(44)42-28-27-37(32-45(42)51)53-48-25-11-8-20-41(48)43-31-34(26-29-49(43)53)33-14-4-3-5-15-33/h3-7,9-19,21-29,31-32,35H,8,20,30H2,1-2H3. The van der Waals surface area contributed by atoms with Gasteiger partial charge in [-0.25, -0.2) is 0 Å². The fraction of sp³-hybridized carbons (Fsp3) is 0.137. The number of hydrogen-bond donors (Lipinski definition) is 0. The molecular weight excluding hydrogens is 641 g/mol. The largest absolute Gasteiger partial charge is 0.313 e. The second-order valence-corrected chi connectivity index (χ2v) is 15.6. The summed E-state index contributed by atoms with van der Waals surface area (Å²) in [7, 11) is 0. The molecule has 0 bridgehead atoms. The summed E-state index contributed by atoms with van der Waals surface area (Å²) in [5, 5.41) is 3.99. The average molecular weight is 681 g/mol. The number of aromatic nitrogens is 2. The first kappa shape index (κ1) is 30.5. The van der Waals surface area contributed by atoms with Crippen molar-refractivity contribution in [2.45, 2.75) is 44.4 Å². The van der Waals surface area contributed by atoms with Gasteiger partial charge in [-0.05, 0) is 112 Å². The number of fused-ring (bicyclic) bond motifs is 9. The summed E-state index contributed by atoms with van der Waals surface area (Å²) in [4.78, 5) is 0. The van der Waals surface area contributed by atoms with Gasteiger partial charge in [-0.15, -0.1) is 0 Å². The highest BCUT2D eigenvalue weighted by molar-refractivity contribution is 6.10. The Kier molecular flexibility index (Phi) is 6.58. The normalized spacial score (nSPS) is 16.9. The summed E-state index contributed by atoms with van der Waals surface area (Å²) in [6.07, 6.45) is 14.8. The number of para-hydroxylation sites is 2. The Morgan fingerprint density at radius 1 is 0.623 bits per heavy atom. The fourth-order valence-corrected chi connectivity index (χ4v) is 9.85. The molecule has 0 radical (unpaired) electrons. The fourth-order valence-electron chi connectivity index (χ4n) is 9.85. The number of allylic oxidation sites excluding steroid dienone is 5. The van der Waals surface area contributed by atoms with Crippen LogP contribution in [-0.4, -0.2) is 9.13 Å². The van der Waals surface area contributed by atoms with Crippen LogP contribution in [0.5, 0.6) is 0 Å². The molecule has 8 aromatic rings. The predicted molar refractivity (Wildman–Crippen MR) is 224 cm³/mol. The van der Waals surface area contributed by atoms with Crippen molar-refractivity contribution in [3.8, 4) is 27.9 Å². The van der Waals surface area contributed by atoms with Crippen molar-refractivity contribution in [3.05, 3.63) is 186 Å². The smallest absolute Gasteiger partial charge is 0.0538 e. The molecule has 1 unspecified atom stereocenters. The Morgan fingerprint density at radius 3 is 2.19 bits per heavy atom. The van der Waals surface area contributed by atoms with Crippen molar-refractivity contribution in [2.24, 2.45) is 0 Å². The van der Waals surface area contributed by atoms with Crippen LogP contribution in [0.3, 0.4) is 0 Å². The molecule has 53 heavy (non-hydrogen) atoms. The molecular formula is C51H40N2. The average Bonchev–Trinajstić information content (AvgIpc) is 3.81. The number of aryl methyl sites for hydroxylation is 1. The molecule has 0 N–H and O–H groups in total. The maximum Gasteiger partial charge on any atom is 0.0538 e. The van der Waals surface area contributed by atoms with Gasteiger partial charge in [0.1, 0.15) is 0 Å². The Hall–Kier alpha value is -6.12. The van der Waals surface area contributed by atoms with Crippen molar-refractivity contribution in [3.63, 3.8) is 0 Å². The molecule has 0 amide bonds. The van der Waals surface area contributed by atoms with Gasteiger partial charge in [0.05, 0.1) is 16.6 Å². The van der Waals surface area contributed by atoms with E-state index in [4.69, 9.17) is 0 Å². The molecule has 6 aromatic carbocycles. The maximum atomic E-state index is 2.52. The third-order valence-electron chi connectivity index (χ3n) is 12.4. The highest BCUT2D eigenvalue weighted by Gasteiger charge is 2.38. The lowest BCUT2D eigenvalue weighted by Gasteiger charge is -2.25. The molecule has 2 heterocycles. The summed E-state index contributed by atoms with van der Waals surface area (Å²) < 4.78 is 5.01. The van der Waals surface area contributed by atoms with Crippen molar-refractivity contribution in [2.75, 3.05) is 0 Å². The van der Waals surface area contributed by atoms with Gasteiger partial charge in [0.2, 0.25) is 0 Å². The molecule has 2 heteroatoms. The summed E-state index contributed by atoms with van der Waals surface area (Å²) in [5.74, 6) is 0.274. The van der Waals surface area contributed by atoms with Crippen molar-refractivity contribution >= 4 is 44.5 Å². The zero-order valence-corrected chi connectivity index (χ0v) is 30.2. The van der Waals surface area contributed by atoms with E-state index >= 15 is 0 Å². The molecule has 0 saturated heterocycles. The van der Waals surface area contributed by atoms with E-state index < -0.39 is 0 Å². The van der Waals surface area contributed by atoms with E-state index in [9.17, 15) is 0 Å². The number of hydrogen-bond acceptors (Lipinski definition) is 0. The second kappa shape index (κ2) is 11.4. The second-order valence-electron chi connectivity index (χ2n) is 15.6. The first-order valence-electron chi connectivity index (χ1n) is 19.1. The molecule has 0 saturated carbocycles. The third kappa shape index (κ3) is 4.45. The van der Waals surface area contributed by atoms with E-state index in [1.165, 1.54) is 94.3 Å². The third-order valence-corrected chi connectivity index (χ3v) is 12.4. The topological polar surface area (TPSA) is 9.86 Å². The molecule has 3 aliphatic rings. The van der Waals surface area contributed by atoms with Gasteiger partial charge in [-0.1, -0.05) is 129 Å². The zero-order chi connectivity index (χ0) is 35.3. The van der Waals surface area contributed by atoms with Gasteiger partial charge in [-0.2, -0.15) is 0 Å². The van der Waals surface area contributed by atoms with Crippen LogP contribution in [0.1, 0.15) is 60.6 Å². The van der Waals surface area contributed by atoms with Crippen molar-refractivity contribution in [1.82, 2.24) is 9.13 Å². The number of rotatable bonds is 4. The molecule has 0 spiro atoms. The molecule has 0 fully saturated rings. The lowest BCUT2D eigenvalue weighted by Crippen LogP contribution is -2.16. The van der Waals surface area contributed by atoms with Gasteiger partial charge in [0.15, 0.2) is 0 Å². The van der Waals surface area contributed by atoms with E-state index in [2.05, 4.69) is 187 Å². The van der Waals surface area contributed by atoms with Crippen LogP contribution in [-0.2, 0) is 11.8 Å². The maximum absolute atomic E-state index is 2.52. The van der Waals surface area contributed by atoms with Crippen LogP contribution in [0.2, 0.25) is 0 Å². The Balaban J connectivity index is 1.02. The quantitative estimate of drug-likeness (QED) is 0.175. The van der Waals surface area contributed by atoms with Crippen LogP contribution in [0.4, 0.5) is 0 Å². The van der Waals surface area contributed by atoms with E-state index in [1.807, 2.05) is 0 Å². The first-order chi connectivity index (χ1) is 26.1. The number of nitrogens with zero attached hydrogens (tertiary/aromatic N) is 2. The van der Waals surface area contributed by atoms with Gasteiger partial charge < -0.3 is 9.13 Å². The molecule has 3 aliphatic carbocycles. The summed E-state index contributed by atoms with van der Waals surface area (Å²) in [6, 6.07) is 49.8. The SMILES string of the molecule is CC1(C)c2cc(-n3c4c(c5cc(-c6ccccc6)ccc53)CCC=C4)ccc2-c2c(C3C=CC=C(n4c5ccccc5c5ccccc54)C3)cccc21. The lowest BCUT2D eigenvalue weighted by atomic mass is 9.80. The summed E-state index contributed by atoms with van der Waals surface area (Å²) >= 11 is 0. The van der Waals surface area contributed by atoms with Crippen molar-refractivity contribution < 1.29 is 0 Å². The molecule has 1 atom stereocenters. The minimum Gasteiger partial charge on any atom is -0.313 e. The van der Waals surface area contributed by atoms with Crippen LogP contribution in [0.25, 0.3) is 72.4 Å². The Bertz CT molecular complexity index is 2830. The van der Waals surface area contributed by atoms with Crippen LogP contribution < -0.4 is 0 Å². The highest BCUT2D eigenvalue weighted by Crippen LogP contribution is 2.53. The zero-order valence-electron chi connectivity index (χ0n) is 30.2. The molecule has 2 aromatic heterocycles. The van der Waals surface area contributed by atoms with E-state index in [1.54, 1.807) is 0 Å². The van der Waals surface area contributed by atoms with Crippen molar-refractivity contribution in [1.29, 1.82) is 0 Å². The van der Waals surface area contributed by atoms with E-state index in [0.29, 0.717) is 0 Å². The molecule has 254 valence electrons. The molecule has 0 aliphatic heterocycles. The summed E-state index contributed by atoms with van der Waals surface area (Å²) in [6.45, 7) is 4.83. The molecule has 2 nitrogen and oxygen atoms in total. The Labute approximate surface area is 310 Å². The molecule has 11 rings (SSSR count). The Morgan fingerprint density at radius 2 is 1.38 bits per heavy atom. The predicted octanol–water partition coefficient (Wildman–Crippen LogP) is 13.3. The highest BCUT2D eigenvalue weighted by atomic mass is 15.0. The van der Waals surface area contributed by atoms with Gasteiger partial charge >= 0.3 is 0 Å². The van der Waals surface area contributed by atoms with Crippen LogP contribution in [0, 0.1) is 0 Å². The van der Waals surface area contributed by atoms with Gasteiger partial charge in [-0.3, -0.25) is 0 Å². The van der Waals surface area contributed by atoms with Gasteiger partial charge in [0.25, 0.3) is 0 Å². The lowest BCUT2D eigenvalue weighted by molar-refractivity contribution is 0.658. The monoisotopic (exact) mass is 680 g/mol. The van der Waals surface area contributed by atoms with E-state index in [0.717, 1.165) is 19.3 Å².